The summed E-state index contributed by atoms with van der Waals surface area (Å²) < 4.78 is 0. The van der Waals surface area contributed by atoms with Gasteiger partial charge in [-0.15, -0.1) is 11.3 Å². The zero-order valence-electron chi connectivity index (χ0n) is 11.7. The molecule has 3 N–H and O–H groups in total. The largest absolute Gasteiger partial charge is 0.352 e. The first kappa shape index (κ1) is 13.7. The van der Waals surface area contributed by atoms with Crippen molar-refractivity contribution in [3.63, 3.8) is 0 Å². The molecule has 0 saturated heterocycles. The molecule has 0 spiro atoms. The average molecular weight is 300 g/mol. The van der Waals surface area contributed by atoms with E-state index in [1.165, 1.54) is 5.56 Å². The van der Waals surface area contributed by atoms with Crippen LogP contribution < -0.4 is 16.2 Å². The summed E-state index contributed by atoms with van der Waals surface area (Å²) in [5.41, 5.74) is 3.73. The lowest BCUT2D eigenvalue weighted by Gasteiger charge is -2.23. The molecule has 0 fully saturated rings. The maximum atomic E-state index is 5.48. The topological polar surface area (TPSA) is 80.0 Å². The van der Waals surface area contributed by atoms with Gasteiger partial charge in [0.2, 0.25) is 5.95 Å². The van der Waals surface area contributed by atoms with Crippen molar-refractivity contribution in [1.29, 1.82) is 0 Å². The standard InChI is InChI=1S/C14H16N6S/c1-2-20(9-10-3-6-16-7-4-10)12-11-5-8-21-13(11)18-14(17-12)19-15/h3-8H,2,9,15H2,1H3,(H,17,18,19). The molecule has 0 amide bonds. The molecular weight excluding hydrogens is 284 g/mol. The molecular formula is C14H16N6S. The zero-order valence-corrected chi connectivity index (χ0v) is 12.5. The van der Waals surface area contributed by atoms with Crippen LogP contribution in [0.25, 0.3) is 10.2 Å². The van der Waals surface area contributed by atoms with Gasteiger partial charge in [-0.05, 0) is 36.1 Å². The Bertz CT molecular complexity index is 727. The van der Waals surface area contributed by atoms with E-state index >= 15 is 0 Å². The Morgan fingerprint density at radius 2 is 2.05 bits per heavy atom. The molecule has 3 rings (SSSR count). The van der Waals surface area contributed by atoms with Gasteiger partial charge in [0.15, 0.2) is 0 Å². The number of nitrogens with two attached hydrogens (primary N) is 1. The SMILES string of the molecule is CCN(Cc1ccncc1)c1nc(NN)nc2sccc12. The lowest BCUT2D eigenvalue weighted by molar-refractivity contribution is 0.816. The molecule has 3 aromatic heterocycles. The van der Waals surface area contributed by atoms with E-state index in [1.807, 2.05) is 23.6 Å². The number of hydrogen-bond acceptors (Lipinski definition) is 7. The van der Waals surface area contributed by atoms with Gasteiger partial charge in [0.1, 0.15) is 10.6 Å². The van der Waals surface area contributed by atoms with Crippen molar-refractivity contribution in [2.45, 2.75) is 13.5 Å². The molecule has 0 aliphatic rings. The molecule has 0 aliphatic heterocycles. The smallest absolute Gasteiger partial charge is 0.240 e. The molecule has 0 bridgehead atoms. The summed E-state index contributed by atoms with van der Waals surface area (Å²) in [7, 11) is 0. The maximum Gasteiger partial charge on any atom is 0.240 e. The third-order valence-electron chi connectivity index (χ3n) is 3.24. The minimum absolute atomic E-state index is 0.438. The van der Waals surface area contributed by atoms with E-state index in [9.17, 15) is 0 Å². The monoisotopic (exact) mass is 300 g/mol. The van der Waals surface area contributed by atoms with Crippen molar-refractivity contribution in [3.8, 4) is 0 Å². The summed E-state index contributed by atoms with van der Waals surface area (Å²) in [5.74, 6) is 6.81. The zero-order chi connectivity index (χ0) is 14.7. The third kappa shape index (κ3) is 2.79. The number of hydrazine groups is 1. The van der Waals surface area contributed by atoms with Gasteiger partial charge < -0.3 is 4.90 Å². The van der Waals surface area contributed by atoms with Crippen molar-refractivity contribution < 1.29 is 0 Å². The minimum atomic E-state index is 0.438. The van der Waals surface area contributed by atoms with Gasteiger partial charge in [-0.25, -0.2) is 10.8 Å². The lowest BCUT2D eigenvalue weighted by Crippen LogP contribution is -2.24. The highest BCUT2D eigenvalue weighted by Gasteiger charge is 2.14. The first-order valence-corrected chi connectivity index (χ1v) is 7.55. The van der Waals surface area contributed by atoms with Gasteiger partial charge in [-0.3, -0.25) is 10.4 Å². The van der Waals surface area contributed by atoms with E-state index in [-0.39, 0.29) is 0 Å². The molecule has 0 unspecified atom stereocenters. The predicted molar refractivity (Wildman–Crippen MR) is 86.2 cm³/mol. The molecule has 7 heteroatoms. The third-order valence-corrected chi connectivity index (χ3v) is 4.04. The summed E-state index contributed by atoms with van der Waals surface area (Å²) in [6, 6.07) is 6.07. The molecule has 21 heavy (non-hydrogen) atoms. The number of pyridine rings is 1. The number of nitrogen functional groups attached to an aromatic ring is 1. The Morgan fingerprint density at radius 1 is 1.24 bits per heavy atom. The fourth-order valence-electron chi connectivity index (χ4n) is 2.19. The van der Waals surface area contributed by atoms with E-state index in [1.54, 1.807) is 23.7 Å². The van der Waals surface area contributed by atoms with E-state index < -0.39 is 0 Å². The van der Waals surface area contributed by atoms with Crippen LogP contribution in [0, 0.1) is 0 Å². The number of anilines is 2. The number of nitrogens with zero attached hydrogens (tertiary/aromatic N) is 4. The molecule has 3 heterocycles. The first-order chi connectivity index (χ1) is 10.3. The lowest BCUT2D eigenvalue weighted by atomic mass is 10.2. The van der Waals surface area contributed by atoms with Gasteiger partial charge in [0.05, 0.1) is 5.39 Å². The van der Waals surface area contributed by atoms with Crippen molar-refractivity contribution in [3.05, 3.63) is 41.5 Å². The first-order valence-electron chi connectivity index (χ1n) is 6.67. The summed E-state index contributed by atoms with van der Waals surface area (Å²) in [4.78, 5) is 16.1. The molecule has 0 aromatic carbocycles. The summed E-state index contributed by atoms with van der Waals surface area (Å²) >= 11 is 1.58. The number of aromatic nitrogens is 3. The normalized spacial score (nSPS) is 10.8. The van der Waals surface area contributed by atoms with E-state index in [0.29, 0.717) is 5.95 Å². The molecule has 6 nitrogen and oxygen atoms in total. The summed E-state index contributed by atoms with van der Waals surface area (Å²) in [6.07, 6.45) is 3.60. The van der Waals surface area contributed by atoms with Gasteiger partial charge in [-0.1, -0.05) is 0 Å². The van der Waals surface area contributed by atoms with E-state index in [4.69, 9.17) is 5.84 Å². The van der Waals surface area contributed by atoms with Crippen LogP contribution in [-0.2, 0) is 6.54 Å². The molecule has 0 radical (unpaired) electrons. The summed E-state index contributed by atoms with van der Waals surface area (Å²) in [6.45, 7) is 3.72. The van der Waals surface area contributed by atoms with Crippen molar-refractivity contribution >= 4 is 33.3 Å². The Kier molecular flexibility index (Phi) is 3.94. The van der Waals surface area contributed by atoms with Crippen LogP contribution in [-0.4, -0.2) is 21.5 Å². The molecule has 0 aliphatic carbocycles. The number of thiophene rings is 1. The van der Waals surface area contributed by atoms with Crippen LogP contribution in [0.5, 0.6) is 0 Å². The second-order valence-corrected chi connectivity index (χ2v) is 5.42. The van der Waals surface area contributed by atoms with Crippen molar-refractivity contribution in [2.75, 3.05) is 16.9 Å². The van der Waals surface area contributed by atoms with Crippen LogP contribution >= 0.6 is 11.3 Å². The van der Waals surface area contributed by atoms with E-state index in [2.05, 4.69) is 32.2 Å². The Balaban J connectivity index is 2.01. The quantitative estimate of drug-likeness (QED) is 0.556. The van der Waals surface area contributed by atoms with Crippen LogP contribution in [0.1, 0.15) is 12.5 Å². The van der Waals surface area contributed by atoms with Crippen LogP contribution in [0.15, 0.2) is 36.0 Å². The minimum Gasteiger partial charge on any atom is -0.352 e. The fourth-order valence-corrected chi connectivity index (χ4v) is 2.95. The van der Waals surface area contributed by atoms with Gasteiger partial charge in [0, 0.05) is 25.5 Å². The number of hydrogen-bond donors (Lipinski definition) is 2. The second kappa shape index (κ2) is 6.02. The fraction of sp³-hybridized carbons (Fsp3) is 0.214. The van der Waals surface area contributed by atoms with Crippen molar-refractivity contribution in [1.82, 2.24) is 15.0 Å². The Labute approximate surface area is 126 Å². The average Bonchev–Trinajstić information content (AvgIpc) is 3.01. The maximum absolute atomic E-state index is 5.48. The number of rotatable bonds is 5. The number of nitrogens with one attached hydrogen (secondary N) is 1. The summed E-state index contributed by atoms with van der Waals surface area (Å²) in [5, 5.41) is 3.07. The Hall–Kier alpha value is -2.25. The Morgan fingerprint density at radius 3 is 2.76 bits per heavy atom. The van der Waals surface area contributed by atoms with Gasteiger partial charge in [0.25, 0.3) is 0 Å². The van der Waals surface area contributed by atoms with Crippen LogP contribution in [0.4, 0.5) is 11.8 Å². The molecule has 3 aromatic rings. The van der Waals surface area contributed by atoms with Gasteiger partial charge in [-0.2, -0.15) is 4.98 Å². The van der Waals surface area contributed by atoms with Gasteiger partial charge >= 0.3 is 0 Å². The molecule has 0 saturated carbocycles. The highest BCUT2D eigenvalue weighted by atomic mass is 32.1. The highest BCUT2D eigenvalue weighted by Crippen LogP contribution is 2.29. The molecule has 0 atom stereocenters. The van der Waals surface area contributed by atoms with Crippen molar-refractivity contribution in [2.24, 2.45) is 5.84 Å². The predicted octanol–water partition coefficient (Wildman–Crippen LogP) is 2.40. The van der Waals surface area contributed by atoms with E-state index in [0.717, 1.165) is 29.1 Å². The second-order valence-electron chi connectivity index (χ2n) is 4.52. The van der Waals surface area contributed by atoms with Crippen LogP contribution in [0.2, 0.25) is 0 Å². The van der Waals surface area contributed by atoms with Crippen LogP contribution in [0.3, 0.4) is 0 Å². The highest BCUT2D eigenvalue weighted by molar-refractivity contribution is 7.16. The molecule has 108 valence electrons. The number of fused-ring (bicyclic) bond motifs is 1.